The fourth-order valence-electron chi connectivity index (χ4n) is 2.09. The molecule has 0 saturated heterocycles. The van der Waals surface area contributed by atoms with Gasteiger partial charge in [0.05, 0.1) is 16.6 Å². The minimum Gasteiger partial charge on any atom is -0.455 e. The Morgan fingerprint density at radius 1 is 1.38 bits per heavy atom. The van der Waals surface area contributed by atoms with E-state index in [0.29, 0.717) is 28.1 Å². The van der Waals surface area contributed by atoms with Gasteiger partial charge in [0.25, 0.3) is 5.91 Å². The van der Waals surface area contributed by atoms with E-state index in [0.717, 1.165) is 6.42 Å². The van der Waals surface area contributed by atoms with Crippen LogP contribution in [0.3, 0.4) is 0 Å². The Kier molecular flexibility index (Phi) is 3.63. The van der Waals surface area contributed by atoms with Crippen LogP contribution in [-0.2, 0) is 14.3 Å². The van der Waals surface area contributed by atoms with Gasteiger partial charge in [-0.1, -0.05) is 18.5 Å². The summed E-state index contributed by atoms with van der Waals surface area (Å²) in [5, 5.41) is 2.91. The molecule has 0 radical (unpaired) electrons. The number of anilines is 1. The summed E-state index contributed by atoms with van der Waals surface area (Å²) in [6.07, 6.45) is 0.828. The predicted molar refractivity (Wildman–Crippen MR) is 74.4 cm³/mol. The summed E-state index contributed by atoms with van der Waals surface area (Å²) in [6.45, 7) is 1.77. The highest BCUT2D eigenvalue weighted by atomic mass is 35.5. The lowest BCUT2D eigenvalue weighted by Gasteiger charge is -2.09. The van der Waals surface area contributed by atoms with E-state index in [9.17, 15) is 9.59 Å². The lowest BCUT2D eigenvalue weighted by molar-refractivity contribution is -0.148. The van der Waals surface area contributed by atoms with Crippen molar-refractivity contribution in [1.29, 1.82) is 0 Å². The first-order chi connectivity index (χ1) is 10.0. The summed E-state index contributed by atoms with van der Waals surface area (Å²) in [5.41, 5.74) is 0.391. The van der Waals surface area contributed by atoms with E-state index in [-0.39, 0.29) is 25.3 Å². The van der Waals surface area contributed by atoms with E-state index in [4.69, 9.17) is 25.8 Å². The van der Waals surface area contributed by atoms with Crippen LogP contribution in [0.5, 0.6) is 11.5 Å². The standard InChI is InChI=1S/C14H14ClNO5/c1-7-2-8(7)14(18)19-5-13(17)16-10-4-12-11(3-9(10)15)20-6-21-12/h3-4,7-8H,2,5-6H2,1H3,(H,16,17)/t7-,8+/m0/s1. The number of esters is 1. The Balaban J connectivity index is 1.56. The molecule has 1 aliphatic carbocycles. The van der Waals surface area contributed by atoms with Gasteiger partial charge in [0.2, 0.25) is 6.79 Å². The average Bonchev–Trinajstić information content (AvgIpc) is 3.00. The van der Waals surface area contributed by atoms with E-state index in [1.165, 1.54) is 0 Å². The smallest absolute Gasteiger partial charge is 0.309 e. The Bertz CT molecular complexity index is 603. The normalized spacial score (nSPS) is 21.8. The zero-order chi connectivity index (χ0) is 15.0. The fourth-order valence-corrected chi connectivity index (χ4v) is 2.29. The van der Waals surface area contributed by atoms with E-state index in [1.54, 1.807) is 12.1 Å². The Labute approximate surface area is 126 Å². The van der Waals surface area contributed by atoms with E-state index in [1.807, 2.05) is 6.92 Å². The van der Waals surface area contributed by atoms with Gasteiger partial charge in [0, 0.05) is 12.1 Å². The number of ether oxygens (including phenoxy) is 3. The molecule has 1 heterocycles. The molecule has 7 heteroatoms. The molecule has 2 atom stereocenters. The number of amides is 1. The maximum atomic E-state index is 11.8. The predicted octanol–water partition coefficient (Wildman–Crippen LogP) is 2.21. The van der Waals surface area contributed by atoms with Crippen molar-refractivity contribution >= 4 is 29.2 Å². The molecule has 1 saturated carbocycles. The molecule has 1 amide bonds. The Morgan fingerprint density at radius 3 is 2.71 bits per heavy atom. The van der Waals surface area contributed by atoms with Crippen LogP contribution in [0.2, 0.25) is 5.02 Å². The van der Waals surface area contributed by atoms with Crippen molar-refractivity contribution in [2.24, 2.45) is 11.8 Å². The van der Waals surface area contributed by atoms with Gasteiger partial charge in [0.1, 0.15) is 0 Å². The van der Waals surface area contributed by atoms with Crippen LogP contribution < -0.4 is 14.8 Å². The van der Waals surface area contributed by atoms with Crippen LogP contribution in [-0.4, -0.2) is 25.3 Å². The molecule has 1 aromatic rings. The van der Waals surface area contributed by atoms with Crippen LogP contribution >= 0.6 is 11.6 Å². The molecule has 0 aromatic heterocycles. The third-order valence-corrected chi connectivity index (χ3v) is 3.81. The molecule has 2 aliphatic rings. The second kappa shape index (κ2) is 5.44. The first-order valence-electron chi connectivity index (χ1n) is 6.60. The summed E-state index contributed by atoms with van der Waals surface area (Å²) in [4.78, 5) is 23.3. The summed E-state index contributed by atoms with van der Waals surface area (Å²) in [6, 6.07) is 3.14. The minimum atomic E-state index is -0.447. The van der Waals surface area contributed by atoms with Gasteiger partial charge in [-0.3, -0.25) is 9.59 Å². The number of rotatable bonds is 4. The SMILES string of the molecule is C[C@H]1C[C@H]1C(=O)OCC(=O)Nc1cc2c(cc1Cl)OCO2. The zero-order valence-electron chi connectivity index (χ0n) is 11.3. The number of hydrogen-bond acceptors (Lipinski definition) is 5. The number of halogens is 1. The second-order valence-corrected chi connectivity index (χ2v) is 5.57. The highest BCUT2D eigenvalue weighted by Gasteiger charge is 2.40. The fraction of sp³-hybridized carbons (Fsp3) is 0.429. The number of hydrogen-bond donors (Lipinski definition) is 1. The molecule has 1 aromatic carbocycles. The van der Waals surface area contributed by atoms with Crippen LogP contribution in [0.4, 0.5) is 5.69 Å². The molecule has 112 valence electrons. The van der Waals surface area contributed by atoms with Gasteiger partial charge < -0.3 is 19.5 Å². The largest absolute Gasteiger partial charge is 0.455 e. The zero-order valence-corrected chi connectivity index (χ0v) is 12.1. The number of carbonyl (C=O) groups excluding carboxylic acids is 2. The van der Waals surface area contributed by atoms with E-state index < -0.39 is 5.91 Å². The summed E-state index contributed by atoms with van der Waals surface area (Å²) in [7, 11) is 0. The topological polar surface area (TPSA) is 73.9 Å². The van der Waals surface area contributed by atoms with Crippen molar-refractivity contribution in [2.75, 3.05) is 18.7 Å². The number of fused-ring (bicyclic) bond motifs is 1. The molecule has 1 fully saturated rings. The van der Waals surface area contributed by atoms with Crippen molar-refractivity contribution in [1.82, 2.24) is 0 Å². The van der Waals surface area contributed by atoms with Gasteiger partial charge >= 0.3 is 5.97 Å². The third-order valence-electron chi connectivity index (χ3n) is 3.49. The number of benzene rings is 1. The van der Waals surface area contributed by atoms with Crippen molar-refractivity contribution in [3.05, 3.63) is 17.2 Å². The molecule has 0 spiro atoms. The summed E-state index contributed by atoms with van der Waals surface area (Å²) in [5.74, 6) is 0.563. The third kappa shape index (κ3) is 3.05. The number of nitrogens with one attached hydrogen (secondary N) is 1. The van der Waals surface area contributed by atoms with Gasteiger partial charge in [-0.2, -0.15) is 0 Å². The van der Waals surface area contributed by atoms with Crippen molar-refractivity contribution in [3.8, 4) is 11.5 Å². The van der Waals surface area contributed by atoms with E-state index in [2.05, 4.69) is 5.32 Å². The summed E-state index contributed by atoms with van der Waals surface area (Å²) < 4.78 is 15.3. The van der Waals surface area contributed by atoms with Crippen molar-refractivity contribution in [2.45, 2.75) is 13.3 Å². The van der Waals surface area contributed by atoms with E-state index >= 15 is 0 Å². The molecule has 0 bridgehead atoms. The molecular formula is C14H14ClNO5. The number of carbonyl (C=O) groups is 2. The van der Waals surface area contributed by atoms with Gasteiger partial charge in [-0.15, -0.1) is 0 Å². The van der Waals surface area contributed by atoms with Crippen molar-refractivity contribution in [3.63, 3.8) is 0 Å². The first-order valence-corrected chi connectivity index (χ1v) is 6.98. The second-order valence-electron chi connectivity index (χ2n) is 5.16. The Morgan fingerprint density at radius 2 is 2.05 bits per heavy atom. The highest BCUT2D eigenvalue weighted by Crippen LogP contribution is 2.39. The van der Waals surface area contributed by atoms with Gasteiger partial charge in [-0.05, 0) is 12.3 Å². The molecule has 6 nitrogen and oxygen atoms in total. The molecular weight excluding hydrogens is 298 g/mol. The average molecular weight is 312 g/mol. The maximum Gasteiger partial charge on any atom is 0.309 e. The lowest BCUT2D eigenvalue weighted by atomic mass is 10.2. The van der Waals surface area contributed by atoms with Crippen LogP contribution in [0.1, 0.15) is 13.3 Å². The quantitative estimate of drug-likeness (QED) is 0.863. The first kappa shape index (κ1) is 14.0. The van der Waals surface area contributed by atoms with Gasteiger partial charge in [-0.25, -0.2) is 0 Å². The van der Waals surface area contributed by atoms with Gasteiger partial charge in [0.15, 0.2) is 18.1 Å². The Hall–Kier alpha value is -1.95. The molecule has 21 heavy (non-hydrogen) atoms. The van der Waals surface area contributed by atoms with Crippen molar-refractivity contribution < 1.29 is 23.8 Å². The minimum absolute atomic E-state index is 0.0630. The lowest BCUT2D eigenvalue weighted by Crippen LogP contribution is -2.21. The molecule has 1 aliphatic heterocycles. The monoisotopic (exact) mass is 311 g/mol. The maximum absolute atomic E-state index is 11.8. The molecule has 3 rings (SSSR count). The van der Waals surface area contributed by atoms with Crippen LogP contribution in [0.25, 0.3) is 0 Å². The van der Waals surface area contributed by atoms with Crippen LogP contribution in [0.15, 0.2) is 12.1 Å². The molecule has 0 unspecified atom stereocenters. The highest BCUT2D eigenvalue weighted by molar-refractivity contribution is 6.34. The summed E-state index contributed by atoms with van der Waals surface area (Å²) >= 11 is 6.04. The van der Waals surface area contributed by atoms with Crippen LogP contribution in [0, 0.1) is 11.8 Å². The molecule has 1 N–H and O–H groups in total.